The van der Waals surface area contributed by atoms with Crippen LogP contribution in [0.15, 0.2) is 0 Å². The van der Waals surface area contributed by atoms with Gasteiger partial charge in [-0.3, -0.25) is 14.4 Å². The van der Waals surface area contributed by atoms with E-state index < -0.39 is 32.4 Å². The van der Waals surface area contributed by atoms with E-state index in [1.165, 1.54) is 0 Å². The van der Waals surface area contributed by atoms with Crippen molar-refractivity contribution in [3.63, 3.8) is 0 Å². The highest BCUT2D eigenvalue weighted by atomic mass is 28.4. The lowest BCUT2D eigenvalue weighted by Gasteiger charge is -2.34. The molecule has 7 nitrogen and oxygen atoms in total. The van der Waals surface area contributed by atoms with Gasteiger partial charge in [-0.2, -0.15) is 0 Å². The minimum Gasteiger partial charge on any atom is -0.454 e. The van der Waals surface area contributed by atoms with Crippen molar-refractivity contribution in [1.82, 2.24) is 0 Å². The topological polar surface area (TPSA) is 88.1 Å². The summed E-state index contributed by atoms with van der Waals surface area (Å²) in [5.41, 5.74) is -0.682. The van der Waals surface area contributed by atoms with Crippen LogP contribution < -0.4 is 0 Å². The van der Waals surface area contributed by atoms with Crippen LogP contribution in [-0.2, 0) is 32.4 Å². The first-order valence-corrected chi connectivity index (χ1v) is 7.86. The third-order valence-corrected chi connectivity index (χ3v) is 5.39. The number of hydrogen-bond donors (Lipinski definition) is 0. The molecule has 108 valence electrons. The lowest BCUT2D eigenvalue weighted by atomic mass is 10.2. The van der Waals surface area contributed by atoms with E-state index >= 15 is 0 Å². The molecule has 0 aliphatic carbocycles. The Morgan fingerprint density at radius 1 is 0.947 bits per heavy atom. The molecule has 0 saturated carbocycles. The van der Waals surface area contributed by atoms with E-state index in [1.54, 1.807) is 0 Å². The molecule has 0 aromatic heterocycles. The molecule has 8 heteroatoms. The van der Waals surface area contributed by atoms with E-state index in [-0.39, 0.29) is 0 Å². The molecule has 0 radical (unpaired) electrons. The van der Waals surface area contributed by atoms with Gasteiger partial charge in [0.2, 0.25) is 0 Å². The molecule has 1 atom stereocenters. The van der Waals surface area contributed by atoms with Gasteiger partial charge < -0.3 is 18.0 Å². The summed E-state index contributed by atoms with van der Waals surface area (Å²) >= 11 is 0. The molecule has 1 saturated heterocycles. The van der Waals surface area contributed by atoms with Crippen LogP contribution in [0.2, 0.25) is 0 Å². The predicted molar refractivity (Wildman–Crippen MR) is 64.6 cm³/mol. The molecular weight excluding hydrogens is 272 g/mol. The van der Waals surface area contributed by atoms with Crippen LogP contribution in [0.25, 0.3) is 0 Å². The quantitative estimate of drug-likeness (QED) is 0.705. The molecule has 1 heterocycles. The molecule has 1 fully saturated rings. The molecule has 0 spiro atoms. The van der Waals surface area contributed by atoms with Crippen LogP contribution in [0, 0.1) is 0 Å². The summed E-state index contributed by atoms with van der Waals surface area (Å²) in [6.45, 7) is 3.94. The lowest BCUT2D eigenvalue weighted by Crippen LogP contribution is -2.60. The third-order valence-electron chi connectivity index (χ3n) is 2.43. The van der Waals surface area contributed by atoms with E-state index in [0.29, 0.717) is 13.0 Å². The molecule has 0 N–H and O–H groups in total. The van der Waals surface area contributed by atoms with Crippen molar-refractivity contribution in [2.24, 2.45) is 0 Å². The van der Waals surface area contributed by atoms with Gasteiger partial charge in [-0.05, 0) is 19.3 Å². The normalized spacial score (nSPS) is 19.4. The number of carbonyl (C=O) groups is 3. The van der Waals surface area contributed by atoms with Crippen LogP contribution in [-0.4, -0.2) is 39.0 Å². The van der Waals surface area contributed by atoms with E-state index in [0.717, 1.165) is 33.6 Å². The highest BCUT2D eigenvalue weighted by molar-refractivity contribution is 6.67. The first-order valence-electron chi connectivity index (χ1n) is 6.06. The van der Waals surface area contributed by atoms with Gasteiger partial charge in [0.05, 0.1) is 0 Å². The molecule has 1 unspecified atom stereocenters. The Hall–Kier alpha value is -1.41. The lowest BCUT2D eigenvalue weighted by molar-refractivity contribution is -0.152. The summed E-state index contributed by atoms with van der Waals surface area (Å²) in [7, 11) is -3.85. The highest BCUT2D eigenvalue weighted by Gasteiger charge is 2.60. The second-order valence-corrected chi connectivity index (χ2v) is 6.70. The number of carbonyl (C=O) groups excluding carboxylic acids is 3. The fraction of sp³-hybridized carbons (Fsp3) is 0.727. The first kappa shape index (κ1) is 15.6. The maximum Gasteiger partial charge on any atom is 0.735 e. The zero-order chi connectivity index (χ0) is 14.5. The zero-order valence-electron chi connectivity index (χ0n) is 11.3. The van der Waals surface area contributed by atoms with E-state index in [1.807, 2.05) is 0 Å². The summed E-state index contributed by atoms with van der Waals surface area (Å²) in [4.78, 5) is 33.7. The van der Waals surface area contributed by atoms with Crippen LogP contribution in [0.5, 0.6) is 0 Å². The monoisotopic (exact) mass is 290 g/mol. The van der Waals surface area contributed by atoms with Gasteiger partial charge in [-0.15, -0.1) is 0 Å². The van der Waals surface area contributed by atoms with Crippen molar-refractivity contribution < 1.29 is 32.4 Å². The van der Waals surface area contributed by atoms with Gasteiger partial charge in [-0.1, -0.05) is 0 Å². The van der Waals surface area contributed by atoms with Crippen molar-refractivity contribution >= 4 is 26.7 Å². The number of rotatable bonds is 4. The Kier molecular flexibility index (Phi) is 5.49. The SMILES string of the molecule is CC(=O)O[Si](OC(C)=O)(OC(C)=O)C1CCCCO1. The summed E-state index contributed by atoms with van der Waals surface area (Å²) in [6.07, 6.45) is 2.20. The maximum atomic E-state index is 11.2. The molecule has 19 heavy (non-hydrogen) atoms. The average molecular weight is 290 g/mol. The predicted octanol–water partition coefficient (Wildman–Crippen LogP) is 0.723. The minimum absolute atomic E-state index is 0.448. The van der Waals surface area contributed by atoms with Crippen LogP contribution in [0.4, 0.5) is 0 Å². The van der Waals surface area contributed by atoms with Crippen molar-refractivity contribution in [1.29, 1.82) is 0 Å². The smallest absolute Gasteiger partial charge is 0.454 e. The van der Waals surface area contributed by atoms with Crippen molar-refractivity contribution in [3.05, 3.63) is 0 Å². The van der Waals surface area contributed by atoms with Crippen LogP contribution >= 0.6 is 0 Å². The Bertz CT molecular complexity index is 321. The Balaban J connectivity index is 3.02. The van der Waals surface area contributed by atoms with Crippen LogP contribution in [0.1, 0.15) is 40.0 Å². The molecular formula is C11H18O7Si. The Morgan fingerprint density at radius 3 is 1.74 bits per heavy atom. The molecule has 1 rings (SSSR count). The van der Waals surface area contributed by atoms with E-state index in [2.05, 4.69) is 0 Å². The largest absolute Gasteiger partial charge is 0.735 e. The van der Waals surface area contributed by atoms with Crippen molar-refractivity contribution in [2.45, 2.75) is 45.8 Å². The average Bonchev–Trinajstić information content (AvgIpc) is 2.27. The van der Waals surface area contributed by atoms with Gasteiger partial charge >= 0.3 is 8.80 Å². The summed E-state index contributed by atoms with van der Waals surface area (Å²) < 4.78 is 20.7. The fourth-order valence-electron chi connectivity index (χ4n) is 1.88. The number of hydrogen-bond acceptors (Lipinski definition) is 7. The minimum atomic E-state index is -3.85. The van der Waals surface area contributed by atoms with Gasteiger partial charge in [0.15, 0.2) is 5.73 Å². The standard InChI is InChI=1S/C11H18O7Si/c1-8(12)16-19(17-9(2)13,18-10(3)14)11-6-4-5-7-15-11/h11H,4-7H2,1-3H3. The van der Waals surface area contributed by atoms with Gasteiger partial charge in [0.25, 0.3) is 17.9 Å². The van der Waals surface area contributed by atoms with Crippen LogP contribution in [0.3, 0.4) is 0 Å². The van der Waals surface area contributed by atoms with E-state index in [9.17, 15) is 14.4 Å². The van der Waals surface area contributed by atoms with Gasteiger partial charge in [-0.25, -0.2) is 0 Å². The highest BCUT2D eigenvalue weighted by Crippen LogP contribution is 2.26. The maximum absolute atomic E-state index is 11.2. The fourth-order valence-corrected chi connectivity index (χ4v) is 4.48. The second-order valence-electron chi connectivity index (χ2n) is 4.24. The first-order chi connectivity index (χ1) is 8.85. The van der Waals surface area contributed by atoms with Gasteiger partial charge in [0.1, 0.15) is 0 Å². The third kappa shape index (κ3) is 4.64. The number of ether oxygens (including phenoxy) is 1. The molecule has 0 aromatic carbocycles. The van der Waals surface area contributed by atoms with Crippen molar-refractivity contribution in [3.8, 4) is 0 Å². The molecule has 1 aliphatic heterocycles. The molecule has 0 aromatic rings. The Morgan fingerprint density at radius 2 is 1.42 bits per heavy atom. The van der Waals surface area contributed by atoms with E-state index in [4.69, 9.17) is 18.0 Å². The van der Waals surface area contributed by atoms with Gasteiger partial charge in [0, 0.05) is 27.4 Å². The second kappa shape index (κ2) is 6.67. The molecule has 0 bridgehead atoms. The summed E-state index contributed by atoms with van der Waals surface area (Å²) in [5, 5.41) is 0. The summed E-state index contributed by atoms with van der Waals surface area (Å²) in [6, 6.07) is 0. The summed E-state index contributed by atoms with van der Waals surface area (Å²) in [5.74, 6) is -2.03. The molecule has 0 amide bonds. The molecule has 1 aliphatic rings. The zero-order valence-corrected chi connectivity index (χ0v) is 12.3. The Labute approximate surface area is 112 Å². The van der Waals surface area contributed by atoms with Crippen molar-refractivity contribution in [2.75, 3.05) is 6.61 Å².